The molecule has 2 aromatic heterocycles. The summed E-state index contributed by atoms with van der Waals surface area (Å²) in [5.74, 6) is 0.250. The van der Waals surface area contributed by atoms with Gasteiger partial charge in [0.05, 0.1) is 5.75 Å². The van der Waals surface area contributed by atoms with Crippen LogP contribution in [0.4, 0.5) is 0 Å². The molecule has 0 spiro atoms. The Balaban J connectivity index is 1.42. The standard InChI is InChI=1S/C18H15N5O2S/c24-16(21-20-10-4-7-14-5-2-1-3-6-14)13-26-18-23-22-17(25-18)15-8-11-19-12-9-15/h1-12H,13H2,(H,21,24)/b7-4+,20-10+. The van der Waals surface area contributed by atoms with Gasteiger partial charge in [0.25, 0.3) is 11.1 Å². The molecule has 0 aliphatic carbocycles. The van der Waals surface area contributed by atoms with Crippen LogP contribution in [0.2, 0.25) is 0 Å². The molecule has 0 saturated carbocycles. The molecule has 26 heavy (non-hydrogen) atoms. The zero-order chi connectivity index (χ0) is 18.0. The smallest absolute Gasteiger partial charge is 0.277 e. The lowest BCUT2D eigenvalue weighted by Gasteiger charge is -1.96. The Labute approximate surface area is 154 Å². The number of carbonyl (C=O) groups is 1. The topological polar surface area (TPSA) is 93.3 Å². The van der Waals surface area contributed by atoms with Crippen molar-refractivity contribution in [1.82, 2.24) is 20.6 Å². The van der Waals surface area contributed by atoms with Crippen molar-refractivity contribution in [2.24, 2.45) is 5.10 Å². The van der Waals surface area contributed by atoms with Crippen LogP contribution < -0.4 is 5.43 Å². The third-order valence-corrected chi connectivity index (χ3v) is 3.92. The predicted octanol–water partition coefficient (Wildman–Crippen LogP) is 3.04. The van der Waals surface area contributed by atoms with Gasteiger partial charge in [-0.1, -0.05) is 48.2 Å². The highest BCUT2D eigenvalue weighted by Crippen LogP contribution is 2.22. The van der Waals surface area contributed by atoms with Gasteiger partial charge < -0.3 is 4.42 Å². The molecule has 1 amide bonds. The fourth-order valence-electron chi connectivity index (χ4n) is 1.91. The van der Waals surface area contributed by atoms with E-state index >= 15 is 0 Å². The van der Waals surface area contributed by atoms with Crippen molar-refractivity contribution in [3.8, 4) is 11.5 Å². The van der Waals surface area contributed by atoms with E-state index in [9.17, 15) is 4.79 Å². The second kappa shape index (κ2) is 9.28. The van der Waals surface area contributed by atoms with Gasteiger partial charge in [-0.05, 0) is 23.8 Å². The minimum atomic E-state index is -0.261. The van der Waals surface area contributed by atoms with Gasteiger partial charge in [0.2, 0.25) is 5.89 Å². The number of hydrogen-bond donors (Lipinski definition) is 1. The second-order valence-electron chi connectivity index (χ2n) is 4.98. The van der Waals surface area contributed by atoms with Crippen molar-refractivity contribution in [1.29, 1.82) is 0 Å². The summed E-state index contributed by atoms with van der Waals surface area (Å²) in [6, 6.07) is 13.3. The normalized spacial score (nSPS) is 11.2. The molecule has 0 unspecified atom stereocenters. The number of aromatic nitrogens is 3. The van der Waals surface area contributed by atoms with E-state index in [0.29, 0.717) is 11.1 Å². The zero-order valence-corrected chi connectivity index (χ0v) is 14.5. The van der Waals surface area contributed by atoms with Crippen LogP contribution in [0.5, 0.6) is 0 Å². The predicted molar refractivity (Wildman–Crippen MR) is 100 cm³/mol. The fraction of sp³-hybridized carbons (Fsp3) is 0.0556. The minimum Gasteiger partial charge on any atom is -0.411 e. The van der Waals surface area contributed by atoms with Crippen molar-refractivity contribution >= 4 is 30.0 Å². The lowest BCUT2D eigenvalue weighted by atomic mass is 10.2. The first kappa shape index (κ1) is 17.6. The Bertz CT molecular complexity index is 894. The highest BCUT2D eigenvalue weighted by molar-refractivity contribution is 7.99. The first-order valence-electron chi connectivity index (χ1n) is 7.71. The van der Waals surface area contributed by atoms with Crippen LogP contribution in [0.25, 0.3) is 17.5 Å². The molecule has 1 N–H and O–H groups in total. The Hall–Kier alpha value is -3.26. The lowest BCUT2D eigenvalue weighted by Crippen LogP contribution is -2.19. The molecule has 3 rings (SSSR count). The summed E-state index contributed by atoms with van der Waals surface area (Å²) in [5.41, 5.74) is 4.27. The van der Waals surface area contributed by atoms with Crippen molar-refractivity contribution < 1.29 is 9.21 Å². The quantitative estimate of drug-likeness (QED) is 0.393. The van der Waals surface area contributed by atoms with Gasteiger partial charge in [0.1, 0.15) is 0 Å². The maximum Gasteiger partial charge on any atom is 0.277 e. The molecule has 0 fully saturated rings. The molecule has 1 aromatic carbocycles. The second-order valence-corrected chi connectivity index (χ2v) is 5.91. The van der Waals surface area contributed by atoms with Gasteiger partial charge in [-0.3, -0.25) is 9.78 Å². The number of thioether (sulfide) groups is 1. The summed E-state index contributed by atoms with van der Waals surface area (Å²) < 4.78 is 5.50. The van der Waals surface area contributed by atoms with Crippen LogP contribution >= 0.6 is 11.8 Å². The molecular formula is C18H15N5O2S. The molecule has 8 heteroatoms. The minimum absolute atomic E-state index is 0.123. The lowest BCUT2D eigenvalue weighted by molar-refractivity contribution is -0.118. The summed E-state index contributed by atoms with van der Waals surface area (Å²) in [5, 5.41) is 12.0. The molecule has 3 aromatic rings. The van der Waals surface area contributed by atoms with Crippen LogP contribution in [0.1, 0.15) is 5.56 Å². The number of amides is 1. The van der Waals surface area contributed by atoms with E-state index in [1.165, 1.54) is 6.21 Å². The summed E-state index contributed by atoms with van der Waals surface area (Å²) in [7, 11) is 0. The van der Waals surface area contributed by atoms with E-state index in [1.807, 2.05) is 36.4 Å². The van der Waals surface area contributed by atoms with Crippen molar-refractivity contribution in [3.63, 3.8) is 0 Å². The van der Waals surface area contributed by atoms with Crippen molar-refractivity contribution in [2.75, 3.05) is 5.75 Å². The zero-order valence-electron chi connectivity index (χ0n) is 13.6. The van der Waals surface area contributed by atoms with E-state index in [1.54, 1.807) is 30.6 Å². The molecule has 130 valence electrons. The Kier molecular flexibility index (Phi) is 6.27. The van der Waals surface area contributed by atoms with Gasteiger partial charge in [0.15, 0.2) is 0 Å². The third-order valence-electron chi connectivity index (χ3n) is 3.10. The molecule has 0 bridgehead atoms. The van der Waals surface area contributed by atoms with Crippen molar-refractivity contribution in [3.05, 3.63) is 66.5 Å². The van der Waals surface area contributed by atoms with Gasteiger partial charge in [-0.2, -0.15) is 5.10 Å². The molecular weight excluding hydrogens is 350 g/mol. The van der Waals surface area contributed by atoms with Crippen molar-refractivity contribution in [2.45, 2.75) is 5.22 Å². The number of hydrogen-bond acceptors (Lipinski definition) is 7. The van der Waals surface area contributed by atoms with E-state index in [-0.39, 0.29) is 11.7 Å². The summed E-state index contributed by atoms with van der Waals surface area (Å²) in [6.45, 7) is 0. The van der Waals surface area contributed by atoms with Crippen LogP contribution in [0.3, 0.4) is 0 Å². The van der Waals surface area contributed by atoms with Gasteiger partial charge in [0, 0.05) is 24.2 Å². The number of hydrazone groups is 1. The monoisotopic (exact) mass is 365 g/mol. The highest BCUT2D eigenvalue weighted by Gasteiger charge is 2.10. The van der Waals surface area contributed by atoms with E-state index in [4.69, 9.17) is 4.42 Å². The molecule has 0 radical (unpaired) electrons. The molecule has 2 heterocycles. The summed E-state index contributed by atoms with van der Waals surface area (Å²) in [6.07, 6.45) is 8.45. The number of nitrogens with zero attached hydrogens (tertiary/aromatic N) is 4. The van der Waals surface area contributed by atoms with Crippen LogP contribution in [-0.2, 0) is 4.79 Å². The van der Waals surface area contributed by atoms with Crippen LogP contribution in [0.15, 0.2) is 75.7 Å². The number of pyridine rings is 1. The molecule has 0 atom stereocenters. The van der Waals surface area contributed by atoms with E-state index < -0.39 is 0 Å². The molecule has 7 nitrogen and oxygen atoms in total. The summed E-state index contributed by atoms with van der Waals surface area (Å²) in [4.78, 5) is 15.7. The molecule has 0 aliphatic heterocycles. The average Bonchev–Trinajstić information content (AvgIpc) is 3.17. The van der Waals surface area contributed by atoms with Crippen LogP contribution in [0, 0.1) is 0 Å². The first-order chi connectivity index (χ1) is 12.8. The van der Waals surface area contributed by atoms with Crippen LogP contribution in [-0.4, -0.2) is 33.1 Å². The molecule has 0 saturated heterocycles. The Morgan fingerprint density at radius 2 is 1.96 bits per heavy atom. The number of allylic oxidation sites excluding steroid dienone is 1. The maximum atomic E-state index is 11.8. The number of nitrogens with one attached hydrogen (secondary N) is 1. The SMILES string of the molecule is O=C(CSc1nnc(-c2ccncc2)o1)N/N=C/C=C/c1ccccc1. The Morgan fingerprint density at radius 1 is 1.15 bits per heavy atom. The third kappa shape index (κ3) is 5.38. The largest absolute Gasteiger partial charge is 0.411 e. The average molecular weight is 365 g/mol. The van der Waals surface area contributed by atoms with Gasteiger partial charge >= 0.3 is 0 Å². The number of rotatable bonds is 7. The maximum absolute atomic E-state index is 11.8. The summed E-state index contributed by atoms with van der Waals surface area (Å²) >= 11 is 1.14. The van der Waals surface area contributed by atoms with E-state index in [2.05, 4.69) is 25.7 Å². The highest BCUT2D eigenvalue weighted by atomic mass is 32.2. The number of carbonyl (C=O) groups excluding carboxylic acids is 1. The molecule has 0 aliphatic rings. The van der Waals surface area contributed by atoms with Gasteiger partial charge in [-0.15, -0.1) is 10.2 Å². The number of benzene rings is 1. The van der Waals surface area contributed by atoms with Gasteiger partial charge in [-0.25, -0.2) is 5.43 Å². The first-order valence-corrected chi connectivity index (χ1v) is 8.70. The van der Waals surface area contributed by atoms with E-state index in [0.717, 1.165) is 22.9 Å². The Morgan fingerprint density at radius 3 is 2.77 bits per heavy atom. The fourth-order valence-corrected chi connectivity index (χ4v) is 2.46.